The number of rotatable bonds is 8. The van der Waals surface area contributed by atoms with Crippen molar-refractivity contribution in [1.29, 1.82) is 0 Å². The number of nitrogens with one attached hydrogen (secondary N) is 2. The van der Waals surface area contributed by atoms with Gasteiger partial charge in [-0.25, -0.2) is 0 Å². The van der Waals surface area contributed by atoms with Crippen LogP contribution >= 0.6 is 0 Å². The van der Waals surface area contributed by atoms with Gasteiger partial charge in [0.15, 0.2) is 0 Å². The average Bonchev–Trinajstić information content (AvgIpc) is 3.45. The second kappa shape index (κ2) is 8.35. The molecule has 3 rings (SSSR count). The molecule has 7 nitrogen and oxygen atoms in total. The molecule has 0 unspecified atom stereocenters. The van der Waals surface area contributed by atoms with E-state index in [2.05, 4.69) is 10.6 Å². The molecule has 0 aliphatic heterocycles. The standard InChI is InChI=1S/C20H21N3O4/c24-18(12-23(13-19(25)26)17-7-2-1-3-8-17)21-16-6-4-5-14(11-16)20(27)22-15-9-10-15/h1-8,11,15H,9-10,12-13H2,(H,21,24)(H,22,27)(H,25,26). The maximum Gasteiger partial charge on any atom is 0.323 e. The van der Waals surface area contributed by atoms with Crippen LogP contribution in [0.2, 0.25) is 0 Å². The number of hydrogen-bond donors (Lipinski definition) is 3. The van der Waals surface area contributed by atoms with Crippen LogP contribution in [0.5, 0.6) is 0 Å². The molecule has 0 spiro atoms. The number of aliphatic carboxylic acids is 1. The van der Waals surface area contributed by atoms with Crippen molar-refractivity contribution >= 4 is 29.2 Å². The lowest BCUT2D eigenvalue weighted by molar-refractivity contribution is -0.135. The van der Waals surface area contributed by atoms with Crippen molar-refractivity contribution in [2.24, 2.45) is 0 Å². The smallest absolute Gasteiger partial charge is 0.323 e. The van der Waals surface area contributed by atoms with Crippen molar-refractivity contribution in [3.63, 3.8) is 0 Å². The number of amides is 2. The Balaban J connectivity index is 1.64. The largest absolute Gasteiger partial charge is 0.480 e. The maximum absolute atomic E-state index is 12.4. The predicted molar refractivity (Wildman–Crippen MR) is 102 cm³/mol. The minimum absolute atomic E-state index is 0.116. The van der Waals surface area contributed by atoms with Gasteiger partial charge in [0.25, 0.3) is 5.91 Å². The highest BCUT2D eigenvalue weighted by Gasteiger charge is 2.24. The molecule has 1 aliphatic rings. The summed E-state index contributed by atoms with van der Waals surface area (Å²) in [6.45, 7) is -0.407. The van der Waals surface area contributed by atoms with E-state index in [0.717, 1.165) is 12.8 Å². The van der Waals surface area contributed by atoms with Crippen LogP contribution in [-0.2, 0) is 9.59 Å². The third-order valence-corrected chi connectivity index (χ3v) is 4.10. The zero-order valence-electron chi connectivity index (χ0n) is 14.7. The van der Waals surface area contributed by atoms with Gasteiger partial charge in [0.2, 0.25) is 5.91 Å². The zero-order chi connectivity index (χ0) is 19.2. The van der Waals surface area contributed by atoms with Crippen LogP contribution in [0.4, 0.5) is 11.4 Å². The van der Waals surface area contributed by atoms with Crippen molar-refractivity contribution in [1.82, 2.24) is 5.32 Å². The monoisotopic (exact) mass is 367 g/mol. The molecule has 0 heterocycles. The van der Waals surface area contributed by atoms with Crippen LogP contribution in [0.25, 0.3) is 0 Å². The fourth-order valence-electron chi connectivity index (χ4n) is 2.65. The van der Waals surface area contributed by atoms with Gasteiger partial charge in [-0.15, -0.1) is 0 Å². The first-order chi connectivity index (χ1) is 13.0. The van der Waals surface area contributed by atoms with E-state index in [1.165, 1.54) is 4.90 Å². The molecule has 0 aromatic heterocycles. The summed E-state index contributed by atoms with van der Waals surface area (Å²) >= 11 is 0. The Labute approximate surface area is 157 Å². The third kappa shape index (κ3) is 5.57. The summed E-state index contributed by atoms with van der Waals surface area (Å²) in [6, 6.07) is 15.8. The Morgan fingerprint density at radius 3 is 2.41 bits per heavy atom. The van der Waals surface area contributed by atoms with E-state index in [-0.39, 0.29) is 30.9 Å². The molecule has 3 N–H and O–H groups in total. The van der Waals surface area contributed by atoms with Crippen LogP contribution in [0, 0.1) is 0 Å². The topological polar surface area (TPSA) is 98.7 Å². The van der Waals surface area contributed by atoms with Crippen LogP contribution in [0.15, 0.2) is 54.6 Å². The highest BCUT2D eigenvalue weighted by molar-refractivity contribution is 5.98. The molecule has 1 saturated carbocycles. The van der Waals surface area contributed by atoms with Crippen molar-refractivity contribution in [2.75, 3.05) is 23.3 Å². The summed E-state index contributed by atoms with van der Waals surface area (Å²) in [5, 5.41) is 14.7. The third-order valence-electron chi connectivity index (χ3n) is 4.10. The van der Waals surface area contributed by atoms with Crippen LogP contribution in [0.1, 0.15) is 23.2 Å². The second-order valence-corrected chi connectivity index (χ2v) is 6.46. The Morgan fingerprint density at radius 1 is 1.00 bits per heavy atom. The van der Waals surface area contributed by atoms with Gasteiger partial charge in [-0.3, -0.25) is 14.4 Å². The number of carbonyl (C=O) groups excluding carboxylic acids is 2. The Kier molecular flexibility index (Phi) is 5.71. The number of carboxylic acid groups (broad SMARTS) is 1. The van der Waals surface area contributed by atoms with E-state index in [1.807, 2.05) is 6.07 Å². The van der Waals surface area contributed by atoms with Crippen molar-refractivity contribution in [3.05, 3.63) is 60.2 Å². The van der Waals surface area contributed by atoms with Gasteiger partial charge >= 0.3 is 5.97 Å². The summed E-state index contributed by atoms with van der Waals surface area (Å²) in [7, 11) is 0. The molecule has 27 heavy (non-hydrogen) atoms. The Morgan fingerprint density at radius 2 is 1.74 bits per heavy atom. The van der Waals surface area contributed by atoms with E-state index in [9.17, 15) is 14.4 Å². The van der Waals surface area contributed by atoms with E-state index < -0.39 is 5.97 Å². The number of carboxylic acids is 1. The van der Waals surface area contributed by atoms with Gasteiger partial charge in [0.1, 0.15) is 6.54 Å². The summed E-state index contributed by atoms with van der Waals surface area (Å²) in [4.78, 5) is 37.1. The normalized spacial score (nSPS) is 12.9. The van der Waals surface area contributed by atoms with Gasteiger partial charge in [-0.2, -0.15) is 0 Å². The molecular weight excluding hydrogens is 346 g/mol. The molecule has 0 atom stereocenters. The quantitative estimate of drug-likeness (QED) is 0.664. The molecule has 2 aromatic rings. The van der Waals surface area contributed by atoms with E-state index in [1.54, 1.807) is 48.5 Å². The first-order valence-electron chi connectivity index (χ1n) is 8.74. The molecule has 0 saturated heterocycles. The summed E-state index contributed by atoms with van der Waals surface area (Å²) in [6.07, 6.45) is 2.00. The highest BCUT2D eigenvalue weighted by Crippen LogP contribution is 2.20. The molecule has 1 fully saturated rings. The van der Waals surface area contributed by atoms with Crippen molar-refractivity contribution < 1.29 is 19.5 Å². The van der Waals surface area contributed by atoms with Gasteiger partial charge in [-0.1, -0.05) is 24.3 Å². The van der Waals surface area contributed by atoms with Crippen LogP contribution in [-0.4, -0.2) is 42.0 Å². The number of benzene rings is 2. The van der Waals surface area contributed by atoms with E-state index in [0.29, 0.717) is 16.9 Å². The van der Waals surface area contributed by atoms with Gasteiger partial charge in [0.05, 0.1) is 6.54 Å². The summed E-state index contributed by atoms with van der Waals surface area (Å²) in [5.74, 6) is -1.55. The number of hydrogen-bond acceptors (Lipinski definition) is 4. The lowest BCUT2D eigenvalue weighted by atomic mass is 10.2. The molecule has 2 aromatic carbocycles. The lowest BCUT2D eigenvalue weighted by Gasteiger charge is -2.22. The van der Waals surface area contributed by atoms with Crippen molar-refractivity contribution in [3.8, 4) is 0 Å². The van der Waals surface area contributed by atoms with E-state index >= 15 is 0 Å². The number of carbonyl (C=O) groups is 3. The van der Waals surface area contributed by atoms with Gasteiger partial charge in [-0.05, 0) is 43.2 Å². The molecule has 0 radical (unpaired) electrons. The zero-order valence-corrected chi connectivity index (χ0v) is 14.7. The number of anilines is 2. The van der Waals surface area contributed by atoms with Crippen LogP contribution in [0.3, 0.4) is 0 Å². The molecule has 2 amide bonds. The maximum atomic E-state index is 12.4. The van der Waals surface area contributed by atoms with E-state index in [4.69, 9.17) is 5.11 Å². The van der Waals surface area contributed by atoms with Gasteiger partial charge < -0.3 is 20.6 Å². The molecule has 140 valence electrons. The SMILES string of the molecule is O=C(O)CN(CC(=O)Nc1cccc(C(=O)NC2CC2)c1)c1ccccc1. The summed E-state index contributed by atoms with van der Waals surface area (Å²) in [5.41, 5.74) is 1.62. The fraction of sp³-hybridized carbons (Fsp3) is 0.250. The average molecular weight is 367 g/mol. The Hall–Kier alpha value is -3.35. The summed E-state index contributed by atoms with van der Waals surface area (Å²) < 4.78 is 0. The molecule has 7 heteroatoms. The number of para-hydroxylation sites is 1. The number of nitrogens with zero attached hydrogens (tertiary/aromatic N) is 1. The van der Waals surface area contributed by atoms with Crippen LogP contribution < -0.4 is 15.5 Å². The predicted octanol–water partition coefficient (Wildman–Crippen LogP) is 2.11. The minimum atomic E-state index is -1.02. The van der Waals surface area contributed by atoms with Crippen molar-refractivity contribution in [2.45, 2.75) is 18.9 Å². The first-order valence-corrected chi connectivity index (χ1v) is 8.74. The van der Waals surface area contributed by atoms with Gasteiger partial charge in [0, 0.05) is 23.0 Å². The molecule has 1 aliphatic carbocycles. The lowest BCUT2D eigenvalue weighted by Crippen LogP contribution is -2.37. The first kappa shape index (κ1) is 18.4. The Bertz CT molecular complexity index is 834. The molecular formula is C20H21N3O4. The fourth-order valence-corrected chi connectivity index (χ4v) is 2.65. The second-order valence-electron chi connectivity index (χ2n) is 6.46. The molecule has 0 bridgehead atoms. The minimum Gasteiger partial charge on any atom is -0.480 e. The highest BCUT2D eigenvalue weighted by atomic mass is 16.4.